The van der Waals surface area contributed by atoms with Crippen LogP contribution in [-0.4, -0.2) is 47.9 Å². The summed E-state index contributed by atoms with van der Waals surface area (Å²) in [5.41, 5.74) is 1.52. The van der Waals surface area contributed by atoms with Crippen molar-refractivity contribution in [2.75, 3.05) is 37.4 Å². The minimum Gasteiger partial charge on any atom is -0.372 e. The van der Waals surface area contributed by atoms with Crippen LogP contribution in [-0.2, 0) is 6.54 Å². The maximum Gasteiger partial charge on any atom is 0.293 e. The smallest absolute Gasteiger partial charge is 0.293 e. The first kappa shape index (κ1) is 20.2. The topological polar surface area (TPSA) is 91.6 Å². The van der Waals surface area contributed by atoms with E-state index in [4.69, 9.17) is 0 Å². The van der Waals surface area contributed by atoms with Gasteiger partial charge in [-0.25, -0.2) is 4.98 Å². The van der Waals surface area contributed by atoms with Crippen LogP contribution in [0.25, 0.3) is 0 Å². The molecule has 9 heteroatoms. The average molecular weight is 404 g/mol. The molecule has 3 rings (SSSR count). The van der Waals surface area contributed by atoms with E-state index in [1.54, 1.807) is 31.1 Å². The summed E-state index contributed by atoms with van der Waals surface area (Å²) in [5.74, 6) is 0.299. The molecule has 0 aliphatic carbocycles. The number of thiazole rings is 1. The maximum atomic E-state index is 12.5. The molecule has 0 saturated carbocycles. The second-order valence-electron chi connectivity index (χ2n) is 7.44. The summed E-state index contributed by atoms with van der Waals surface area (Å²) in [6.07, 6.45) is 2.48. The van der Waals surface area contributed by atoms with Crippen molar-refractivity contribution in [2.45, 2.75) is 26.3 Å². The number of nitrogens with one attached hydrogen (secondary N) is 1. The number of nitrogens with zero attached hydrogens (tertiary/aromatic N) is 4. The van der Waals surface area contributed by atoms with Gasteiger partial charge in [0.25, 0.3) is 11.6 Å². The van der Waals surface area contributed by atoms with Gasteiger partial charge < -0.3 is 4.90 Å². The van der Waals surface area contributed by atoms with Gasteiger partial charge in [0.2, 0.25) is 0 Å². The lowest BCUT2D eigenvalue weighted by Crippen LogP contribution is -2.33. The number of benzene rings is 1. The summed E-state index contributed by atoms with van der Waals surface area (Å²) in [6.45, 7) is 5.19. The molecule has 28 heavy (non-hydrogen) atoms. The number of piperidine rings is 1. The lowest BCUT2D eigenvalue weighted by molar-refractivity contribution is -0.384. The second kappa shape index (κ2) is 8.66. The molecule has 1 aromatic heterocycles. The van der Waals surface area contributed by atoms with E-state index in [1.165, 1.54) is 30.2 Å². The van der Waals surface area contributed by atoms with Crippen molar-refractivity contribution in [3.63, 3.8) is 0 Å². The summed E-state index contributed by atoms with van der Waals surface area (Å²) in [7, 11) is 3.45. The number of rotatable bonds is 6. The van der Waals surface area contributed by atoms with Gasteiger partial charge in [0, 0.05) is 44.2 Å². The van der Waals surface area contributed by atoms with Crippen molar-refractivity contribution >= 4 is 33.8 Å². The Kier molecular flexibility index (Phi) is 6.25. The van der Waals surface area contributed by atoms with Crippen molar-refractivity contribution in [1.82, 2.24) is 9.88 Å². The fourth-order valence-electron chi connectivity index (χ4n) is 3.45. The Balaban J connectivity index is 1.67. The normalized spacial score (nSPS) is 17.3. The lowest BCUT2D eigenvalue weighted by atomic mass is 10.0. The van der Waals surface area contributed by atoms with Crippen molar-refractivity contribution in [2.24, 2.45) is 5.92 Å². The van der Waals surface area contributed by atoms with Gasteiger partial charge in [-0.1, -0.05) is 6.92 Å². The lowest BCUT2D eigenvalue weighted by Gasteiger charge is -2.30. The van der Waals surface area contributed by atoms with Crippen LogP contribution in [0.2, 0.25) is 0 Å². The fraction of sp³-hybridized carbons (Fsp3) is 0.474. The van der Waals surface area contributed by atoms with Crippen LogP contribution in [0.4, 0.5) is 16.5 Å². The van der Waals surface area contributed by atoms with Crippen molar-refractivity contribution in [1.29, 1.82) is 0 Å². The third-order valence-electron chi connectivity index (χ3n) is 4.82. The molecular formula is C19H25N5O3S. The molecule has 0 spiro atoms. The molecule has 1 N–H and O–H groups in total. The number of aromatic nitrogens is 1. The minimum atomic E-state index is -0.479. The van der Waals surface area contributed by atoms with Crippen LogP contribution >= 0.6 is 11.3 Å². The molecule has 1 aliphatic rings. The summed E-state index contributed by atoms with van der Waals surface area (Å²) >= 11 is 1.37. The van der Waals surface area contributed by atoms with Gasteiger partial charge in [0.1, 0.15) is 5.69 Å². The molecule has 1 fully saturated rings. The first-order chi connectivity index (χ1) is 13.3. The van der Waals surface area contributed by atoms with E-state index in [0.29, 0.717) is 16.7 Å². The highest BCUT2D eigenvalue weighted by Gasteiger charge is 2.20. The Hall–Kier alpha value is -2.52. The molecule has 0 bridgehead atoms. The van der Waals surface area contributed by atoms with E-state index >= 15 is 0 Å². The number of anilines is 2. The summed E-state index contributed by atoms with van der Waals surface area (Å²) < 4.78 is 0. The Morgan fingerprint density at radius 2 is 2.25 bits per heavy atom. The van der Waals surface area contributed by atoms with Crippen molar-refractivity contribution in [3.8, 4) is 0 Å². The van der Waals surface area contributed by atoms with E-state index < -0.39 is 10.8 Å². The molecule has 1 atom stereocenters. The predicted molar refractivity (Wildman–Crippen MR) is 111 cm³/mol. The largest absolute Gasteiger partial charge is 0.372 e. The third-order valence-corrected chi connectivity index (χ3v) is 5.62. The quantitative estimate of drug-likeness (QED) is 0.585. The van der Waals surface area contributed by atoms with Gasteiger partial charge in [-0.05, 0) is 37.4 Å². The minimum absolute atomic E-state index is 0.100. The molecule has 8 nitrogen and oxygen atoms in total. The maximum absolute atomic E-state index is 12.5. The number of hydrogen-bond donors (Lipinski definition) is 1. The number of nitro groups is 1. The monoisotopic (exact) mass is 403 g/mol. The van der Waals surface area contributed by atoms with Crippen LogP contribution in [0.3, 0.4) is 0 Å². The van der Waals surface area contributed by atoms with Gasteiger partial charge in [-0.3, -0.25) is 25.1 Å². The van der Waals surface area contributed by atoms with Gasteiger partial charge in [0.15, 0.2) is 5.13 Å². The van der Waals surface area contributed by atoms with E-state index in [0.717, 1.165) is 25.3 Å². The molecule has 1 unspecified atom stereocenters. The molecule has 150 valence electrons. The van der Waals surface area contributed by atoms with Crippen LogP contribution in [0.15, 0.2) is 23.6 Å². The first-order valence-corrected chi connectivity index (χ1v) is 10.2. The molecule has 1 aromatic carbocycles. The molecule has 1 aliphatic heterocycles. The van der Waals surface area contributed by atoms with Crippen LogP contribution in [0.5, 0.6) is 0 Å². The van der Waals surface area contributed by atoms with Crippen LogP contribution in [0, 0.1) is 16.0 Å². The molecule has 2 aromatic rings. The number of hydrogen-bond acceptors (Lipinski definition) is 7. The summed E-state index contributed by atoms with van der Waals surface area (Å²) in [5, 5.41) is 16.5. The Bertz CT molecular complexity index is 867. The van der Waals surface area contributed by atoms with Gasteiger partial charge in [-0.2, -0.15) is 0 Å². The summed E-state index contributed by atoms with van der Waals surface area (Å²) in [4.78, 5) is 31.9. The van der Waals surface area contributed by atoms with Gasteiger partial charge >= 0.3 is 0 Å². The Morgan fingerprint density at radius 3 is 2.93 bits per heavy atom. The van der Waals surface area contributed by atoms with Gasteiger partial charge in [0.05, 0.1) is 10.6 Å². The third kappa shape index (κ3) is 4.85. The Morgan fingerprint density at radius 1 is 1.46 bits per heavy atom. The zero-order valence-corrected chi connectivity index (χ0v) is 17.2. The number of amides is 1. The number of carbonyl (C=O) groups excluding carboxylic acids is 1. The van der Waals surface area contributed by atoms with E-state index in [2.05, 4.69) is 22.1 Å². The molecule has 1 saturated heterocycles. The van der Waals surface area contributed by atoms with E-state index in [9.17, 15) is 14.9 Å². The first-order valence-electron chi connectivity index (χ1n) is 9.27. The highest BCUT2D eigenvalue weighted by atomic mass is 32.1. The Labute approximate surface area is 168 Å². The predicted octanol–water partition coefficient (Wildman–Crippen LogP) is 3.60. The molecule has 2 heterocycles. The van der Waals surface area contributed by atoms with Crippen LogP contribution < -0.4 is 10.2 Å². The highest BCUT2D eigenvalue weighted by Crippen LogP contribution is 2.28. The molecule has 1 amide bonds. The van der Waals surface area contributed by atoms with Crippen molar-refractivity contribution in [3.05, 3.63) is 45.0 Å². The second-order valence-corrected chi connectivity index (χ2v) is 8.29. The average Bonchev–Trinajstić information content (AvgIpc) is 3.07. The van der Waals surface area contributed by atoms with E-state index in [1.807, 2.05) is 5.38 Å². The van der Waals surface area contributed by atoms with E-state index in [-0.39, 0.29) is 11.3 Å². The summed E-state index contributed by atoms with van der Waals surface area (Å²) in [6, 6.07) is 4.47. The number of carbonyl (C=O) groups is 1. The SMILES string of the molecule is CC1CCCN(Cc2csc(NC(=O)c3ccc(N(C)C)c([N+](=O)[O-])c3)n2)C1. The van der Waals surface area contributed by atoms with Crippen LogP contribution in [0.1, 0.15) is 35.8 Å². The highest BCUT2D eigenvalue weighted by molar-refractivity contribution is 7.13. The number of likely N-dealkylation sites (tertiary alicyclic amines) is 1. The molecule has 0 radical (unpaired) electrons. The number of nitro benzene ring substituents is 1. The zero-order chi connectivity index (χ0) is 20.3. The zero-order valence-electron chi connectivity index (χ0n) is 16.3. The van der Waals surface area contributed by atoms with Gasteiger partial charge in [-0.15, -0.1) is 11.3 Å². The molecular weight excluding hydrogens is 378 g/mol. The van der Waals surface area contributed by atoms with Crippen molar-refractivity contribution < 1.29 is 9.72 Å². The fourth-order valence-corrected chi connectivity index (χ4v) is 4.15. The standard InChI is InChI=1S/C19H25N5O3S/c1-13-5-4-8-23(10-13)11-15-12-28-19(20-15)21-18(25)14-6-7-16(22(2)3)17(9-14)24(26)27/h6-7,9,12-13H,4-5,8,10-11H2,1-3H3,(H,20,21,25).